The van der Waals surface area contributed by atoms with Gasteiger partial charge in [0.15, 0.2) is 11.5 Å². The average Bonchev–Trinajstić information content (AvgIpc) is 2.93. The zero-order valence-electron chi connectivity index (χ0n) is 24.0. The summed E-state index contributed by atoms with van der Waals surface area (Å²) in [5, 5.41) is 3.30. The number of nitrogens with zero attached hydrogens (tertiary/aromatic N) is 2. The molecule has 11 heteroatoms. The second kappa shape index (κ2) is 13.7. The lowest BCUT2D eigenvalue weighted by atomic mass is 10.1. The van der Waals surface area contributed by atoms with Crippen molar-refractivity contribution >= 4 is 39.1 Å². The summed E-state index contributed by atoms with van der Waals surface area (Å²) in [5.41, 5.74) is 1.77. The summed E-state index contributed by atoms with van der Waals surface area (Å²) in [7, 11) is -1.31. The molecular formula is C30H36ClN3O6S. The van der Waals surface area contributed by atoms with Gasteiger partial charge in [0.2, 0.25) is 11.8 Å². The Morgan fingerprint density at radius 3 is 2.17 bits per heavy atom. The predicted molar refractivity (Wildman–Crippen MR) is 160 cm³/mol. The zero-order chi connectivity index (χ0) is 30.3. The highest BCUT2D eigenvalue weighted by Crippen LogP contribution is 2.34. The molecule has 1 N–H and O–H groups in total. The molecule has 41 heavy (non-hydrogen) atoms. The third-order valence-electron chi connectivity index (χ3n) is 6.38. The molecule has 1 atom stereocenters. The Morgan fingerprint density at radius 1 is 0.927 bits per heavy atom. The largest absolute Gasteiger partial charge is 0.493 e. The Morgan fingerprint density at radius 2 is 1.59 bits per heavy atom. The van der Waals surface area contributed by atoms with Crippen molar-refractivity contribution in [1.82, 2.24) is 10.2 Å². The van der Waals surface area contributed by atoms with E-state index < -0.39 is 28.5 Å². The maximum atomic E-state index is 14.0. The van der Waals surface area contributed by atoms with Crippen LogP contribution in [0.4, 0.5) is 5.69 Å². The van der Waals surface area contributed by atoms with E-state index in [0.717, 1.165) is 9.87 Å². The molecule has 220 valence electrons. The molecule has 0 bridgehead atoms. The van der Waals surface area contributed by atoms with Crippen LogP contribution in [0.1, 0.15) is 31.9 Å². The second-order valence-corrected chi connectivity index (χ2v) is 12.2. The van der Waals surface area contributed by atoms with Crippen LogP contribution in [-0.2, 0) is 26.2 Å². The smallest absolute Gasteiger partial charge is 0.264 e. The van der Waals surface area contributed by atoms with Crippen LogP contribution >= 0.6 is 11.6 Å². The van der Waals surface area contributed by atoms with E-state index in [4.69, 9.17) is 21.1 Å². The van der Waals surface area contributed by atoms with E-state index in [9.17, 15) is 18.0 Å². The first-order valence-electron chi connectivity index (χ1n) is 13.0. The number of anilines is 1. The predicted octanol–water partition coefficient (Wildman–Crippen LogP) is 4.80. The SMILES string of the molecule is COc1ccc(N(CC(=O)N(Cc2cccc(Cl)c2)[C@@H](C)C(=O)NC(C)C)S(=O)(=O)c2ccc(C)cc2)cc1OC. The maximum Gasteiger partial charge on any atom is 0.264 e. The van der Waals surface area contributed by atoms with E-state index in [0.29, 0.717) is 22.1 Å². The lowest BCUT2D eigenvalue weighted by Crippen LogP contribution is -2.52. The molecule has 0 fully saturated rings. The minimum atomic E-state index is -4.22. The van der Waals surface area contributed by atoms with E-state index in [1.54, 1.807) is 49.4 Å². The maximum absolute atomic E-state index is 14.0. The molecule has 0 saturated carbocycles. The van der Waals surface area contributed by atoms with Gasteiger partial charge in [-0.05, 0) is 69.7 Å². The molecule has 2 amide bonds. The molecule has 0 radical (unpaired) electrons. The lowest BCUT2D eigenvalue weighted by Gasteiger charge is -2.32. The van der Waals surface area contributed by atoms with Crippen LogP contribution in [0.3, 0.4) is 0 Å². The quantitative estimate of drug-likeness (QED) is 0.320. The van der Waals surface area contributed by atoms with Crippen LogP contribution in [0.25, 0.3) is 0 Å². The molecule has 3 rings (SSSR count). The van der Waals surface area contributed by atoms with Gasteiger partial charge < -0.3 is 19.7 Å². The number of halogens is 1. The number of carbonyl (C=O) groups excluding carboxylic acids is 2. The van der Waals surface area contributed by atoms with Crippen LogP contribution in [0.15, 0.2) is 71.6 Å². The van der Waals surface area contributed by atoms with Crippen molar-refractivity contribution in [2.45, 2.75) is 51.2 Å². The van der Waals surface area contributed by atoms with E-state index >= 15 is 0 Å². The molecule has 0 aliphatic carbocycles. The number of sulfonamides is 1. The molecular weight excluding hydrogens is 566 g/mol. The van der Waals surface area contributed by atoms with Crippen LogP contribution < -0.4 is 19.1 Å². The molecule has 0 aliphatic heterocycles. The van der Waals surface area contributed by atoms with Gasteiger partial charge >= 0.3 is 0 Å². The summed E-state index contributed by atoms with van der Waals surface area (Å²) in [6.45, 7) is 6.56. The molecule has 3 aromatic carbocycles. The highest BCUT2D eigenvalue weighted by molar-refractivity contribution is 7.92. The fraction of sp³-hybridized carbons (Fsp3) is 0.333. The van der Waals surface area contributed by atoms with E-state index in [2.05, 4.69) is 5.32 Å². The summed E-state index contributed by atoms with van der Waals surface area (Å²) in [4.78, 5) is 28.4. The zero-order valence-corrected chi connectivity index (χ0v) is 25.6. The fourth-order valence-electron chi connectivity index (χ4n) is 4.17. The van der Waals surface area contributed by atoms with Crippen LogP contribution in [0.2, 0.25) is 5.02 Å². The van der Waals surface area contributed by atoms with Crippen molar-refractivity contribution in [3.8, 4) is 11.5 Å². The summed E-state index contributed by atoms with van der Waals surface area (Å²) >= 11 is 6.18. The van der Waals surface area contributed by atoms with Crippen molar-refractivity contribution < 1.29 is 27.5 Å². The first kappa shape index (κ1) is 31.8. The van der Waals surface area contributed by atoms with Crippen LogP contribution in [-0.4, -0.2) is 58.0 Å². The van der Waals surface area contributed by atoms with E-state index in [-0.39, 0.29) is 29.1 Å². The van der Waals surface area contributed by atoms with E-state index in [1.165, 1.54) is 43.4 Å². The number of nitrogens with one attached hydrogen (secondary N) is 1. The molecule has 0 heterocycles. The molecule has 0 saturated heterocycles. The molecule has 9 nitrogen and oxygen atoms in total. The first-order chi connectivity index (χ1) is 19.4. The Balaban J connectivity index is 2.09. The van der Waals surface area contributed by atoms with Gasteiger partial charge in [0.1, 0.15) is 12.6 Å². The van der Waals surface area contributed by atoms with Crippen molar-refractivity contribution in [3.05, 3.63) is 82.9 Å². The molecule has 0 spiro atoms. The third kappa shape index (κ3) is 7.92. The van der Waals surface area contributed by atoms with Crippen molar-refractivity contribution in [1.29, 1.82) is 0 Å². The van der Waals surface area contributed by atoms with Crippen molar-refractivity contribution in [2.24, 2.45) is 0 Å². The van der Waals surface area contributed by atoms with Crippen molar-refractivity contribution in [2.75, 3.05) is 25.1 Å². The normalized spacial score (nSPS) is 12.0. The van der Waals surface area contributed by atoms with Gasteiger partial charge in [0, 0.05) is 23.7 Å². The monoisotopic (exact) mass is 601 g/mol. The Hall–Kier alpha value is -3.76. The van der Waals surface area contributed by atoms with Gasteiger partial charge in [-0.15, -0.1) is 0 Å². The number of amides is 2. The van der Waals surface area contributed by atoms with Gasteiger partial charge in [-0.3, -0.25) is 13.9 Å². The Bertz CT molecular complexity index is 1480. The third-order valence-corrected chi connectivity index (χ3v) is 8.41. The number of hydrogen-bond acceptors (Lipinski definition) is 6. The minimum Gasteiger partial charge on any atom is -0.493 e. The lowest BCUT2D eigenvalue weighted by molar-refractivity contribution is -0.139. The van der Waals surface area contributed by atoms with Crippen molar-refractivity contribution in [3.63, 3.8) is 0 Å². The minimum absolute atomic E-state index is 0.0117. The summed E-state index contributed by atoms with van der Waals surface area (Å²) in [5.74, 6) is -0.255. The number of carbonyl (C=O) groups is 2. The fourth-order valence-corrected chi connectivity index (χ4v) is 5.78. The summed E-state index contributed by atoms with van der Waals surface area (Å²) in [6, 6.07) is 16.8. The Labute approximate surface area is 247 Å². The second-order valence-electron chi connectivity index (χ2n) is 9.85. The van der Waals surface area contributed by atoms with Crippen LogP contribution in [0.5, 0.6) is 11.5 Å². The standard InChI is InChI=1S/C30H36ClN3O6S/c1-20(2)32-30(36)22(4)33(18-23-8-7-9-24(31)16-23)29(35)19-34(25-12-15-27(39-5)28(17-25)40-6)41(37,38)26-13-10-21(3)11-14-26/h7-17,20,22H,18-19H2,1-6H3,(H,32,36)/t22-/m0/s1. The number of benzene rings is 3. The van der Waals surface area contributed by atoms with Gasteiger partial charge in [-0.25, -0.2) is 8.42 Å². The summed E-state index contributed by atoms with van der Waals surface area (Å²) < 4.78 is 39.7. The van der Waals surface area contributed by atoms with Gasteiger partial charge in [-0.1, -0.05) is 41.4 Å². The number of rotatable bonds is 12. The molecule has 0 aliphatic rings. The highest BCUT2D eigenvalue weighted by atomic mass is 35.5. The number of aryl methyl sites for hydroxylation is 1. The molecule has 0 aromatic heterocycles. The van der Waals surface area contributed by atoms with Gasteiger partial charge in [0.25, 0.3) is 10.0 Å². The topological polar surface area (TPSA) is 105 Å². The van der Waals surface area contributed by atoms with Crippen LogP contribution in [0, 0.1) is 6.92 Å². The molecule has 0 unspecified atom stereocenters. The first-order valence-corrected chi connectivity index (χ1v) is 14.8. The number of methoxy groups -OCH3 is 2. The number of ether oxygens (including phenoxy) is 2. The highest BCUT2D eigenvalue weighted by Gasteiger charge is 2.33. The summed E-state index contributed by atoms with van der Waals surface area (Å²) in [6.07, 6.45) is 0. The Kier molecular flexibility index (Phi) is 10.6. The van der Waals surface area contributed by atoms with Gasteiger partial charge in [-0.2, -0.15) is 0 Å². The average molecular weight is 602 g/mol. The number of hydrogen-bond donors (Lipinski definition) is 1. The molecule has 3 aromatic rings. The van der Waals surface area contributed by atoms with Gasteiger partial charge in [0.05, 0.1) is 24.8 Å². The van der Waals surface area contributed by atoms with E-state index in [1.807, 2.05) is 20.8 Å².